The number of nitrogens with one attached hydrogen (secondary N) is 1. The van der Waals surface area contributed by atoms with Crippen molar-refractivity contribution in [3.8, 4) is 11.5 Å². The molecule has 24 heavy (non-hydrogen) atoms. The lowest BCUT2D eigenvalue weighted by atomic mass is 10.1. The summed E-state index contributed by atoms with van der Waals surface area (Å²) < 4.78 is 11.3. The van der Waals surface area contributed by atoms with Crippen molar-refractivity contribution in [2.75, 3.05) is 18.5 Å². The van der Waals surface area contributed by atoms with Crippen LogP contribution in [0.25, 0.3) is 0 Å². The molecule has 0 aromatic heterocycles. The van der Waals surface area contributed by atoms with Gasteiger partial charge in [0.2, 0.25) is 0 Å². The Balaban J connectivity index is 2.18. The van der Waals surface area contributed by atoms with Crippen molar-refractivity contribution in [2.24, 2.45) is 0 Å². The minimum atomic E-state index is -0.179. The van der Waals surface area contributed by atoms with Crippen LogP contribution in [0.15, 0.2) is 42.5 Å². The van der Waals surface area contributed by atoms with E-state index in [0.717, 1.165) is 24.1 Å². The van der Waals surface area contributed by atoms with E-state index in [0.29, 0.717) is 30.3 Å². The van der Waals surface area contributed by atoms with Gasteiger partial charge in [0.15, 0.2) is 0 Å². The van der Waals surface area contributed by atoms with Crippen LogP contribution in [0.3, 0.4) is 0 Å². The molecule has 0 aliphatic rings. The Morgan fingerprint density at radius 2 is 1.46 bits per heavy atom. The molecule has 0 fully saturated rings. The van der Waals surface area contributed by atoms with E-state index in [4.69, 9.17) is 9.47 Å². The van der Waals surface area contributed by atoms with Crippen molar-refractivity contribution in [2.45, 2.75) is 33.6 Å². The molecule has 0 spiro atoms. The first kappa shape index (κ1) is 17.9. The second-order valence-electron chi connectivity index (χ2n) is 5.71. The lowest BCUT2D eigenvalue weighted by Gasteiger charge is -2.12. The summed E-state index contributed by atoms with van der Waals surface area (Å²) in [6.07, 6.45) is 1.82. The number of benzene rings is 2. The van der Waals surface area contributed by atoms with Crippen LogP contribution in [0.1, 0.15) is 42.6 Å². The summed E-state index contributed by atoms with van der Waals surface area (Å²) in [5.74, 6) is 1.13. The minimum Gasteiger partial charge on any atom is -0.493 e. The minimum absolute atomic E-state index is 0.179. The number of ether oxygens (including phenoxy) is 2. The van der Waals surface area contributed by atoms with E-state index >= 15 is 0 Å². The molecule has 0 unspecified atom stereocenters. The average molecular weight is 327 g/mol. The Bertz CT molecular complexity index is 639. The summed E-state index contributed by atoms with van der Waals surface area (Å²) in [4.78, 5) is 12.5. The number of anilines is 1. The normalized spacial score (nSPS) is 10.3. The van der Waals surface area contributed by atoms with Crippen LogP contribution in [0.4, 0.5) is 5.69 Å². The highest BCUT2D eigenvalue weighted by molar-refractivity contribution is 6.04. The largest absolute Gasteiger partial charge is 0.493 e. The van der Waals surface area contributed by atoms with Crippen molar-refractivity contribution in [1.29, 1.82) is 0 Å². The highest BCUT2D eigenvalue weighted by Crippen LogP contribution is 2.24. The SMILES string of the molecule is CCCOc1cc(OCCC)cc(C(=O)Nc2ccc(C)cc2)c1. The maximum atomic E-state index is 12.5. The molecule has 0 heterocycles. The molecule has 0 aliphatic heterocycles. The van der Waals surface area contributed by atoms with Crippen LogP contribution in [0, 0.1) is 6.92 Å². The maximum Gasteiger partial charge on any atom is 0.255 e. The zero-order chi connectivity index (χ0) is 17.4. The molecule has 0 bridgehead atoms. The topological polar surface area (TPSA) is 47.6 Å². The van der Waals surface area contributed by atoms with E-state index in [2.05, 4.69) is 5.32 Å². The van der Waals surface area contributed by atoms with Crippen molar-refractivity contribution in [3.05, 3.63) is 53.6 Å². The van der Waals surface area contributed by atoms with E-state index in [1.54, 1.807) is 12.1 Å². The molecule has 2 aromatic rings. The van der Waals surface area contributed by atoms with Gasteiger partial charge in [-0.15, -0.1) is 0 Å². The van der Waals surface area contributed by atoms with Gasteiger partial charge in [-0.25, -0.2) is 0 Å². The molecule has 128 valence electrons. The van der Waals surface area contributed by atoms with Gasteiger partial charge in [0.05, 0.1) is 13.2 Å². The molecule has 0 saturated heterocycles. The van der Waals surface area contributed by atoms with Gasteiger partial charge < -0.3 is 14.8 Å². The van der Waals surface area contributed by atoms with E-state index in [-0.39, 0.29) is 5.91 Å². The molecule has 4 nitrogen and oxygen atoms in total. The number of amides is 1. The van der Waals surface area contributed by atoms with Gasteiger partial charge in [-0.05, 0) is 44.0 Å². The van der Waals surface area contributed by atoms with E-state index in [1.165, 1.54) is 0 Å². The van der Waals surface area contributed by atoms with Crippen LogP contribution in [0.2, 0.25) is 0 Å². The Kier molecular flexibility index (Phi) is 6.67. The second-order valence-corrected chi connectivity index (χ2v) is 5.71. The van der Waals surface area contributed by atoms with E-state index in [1.807, 2.05) is 51.1 Å². The third-order valence-electron chi connectivity index (χ3n) is 3.40. The van der Waals surface area contributed by atoms with Crippen molar-refractivity contribution in [3.63, 3.8) is 0 Å². The molecule has 0 atom stereocenters. The molecule has 2 rings (SSSR count). The maximum absolute atomic E-state index is 12.5. The predicted molar refractivity (Wildman–Crippen MR) is 97.1 cm³/mol. The third-order valence-corrected chi connectivity index (χ3v) is 3.40. The lowest BCUT2D eigenvalue weighted by molar-refractivity contribution is 0.102. The highest BCUT2D eigenvalue weighted by atomic mass is 16.5. The number of carbonyl (C=O) groups is 1. The lowest BCUT2D eigenvalue weighted by Crippen LogP contribution is -2.12. The first-order chi connectivity index (χ1) is 11.6. The fraction of sp³-hybridized carbons (Fsp3) is 0.350. The summed E-state index contributed by atoms with van der Waals surface area (Å²) in [7, 11) is 0. The number of hydrogen-bond acceptors (Lipinski definition) is 3. The van der Waals surface area contributed by atoms with Crippen LogP contribution in [-0.2, 0) is 0 Å². The Hall–Kier alpha value is -2.49. The fourth-order valence-corrected chi connectivity index (χ4v) is 2.15. The standard InChI is InChI=1S/C20H25NO3/c1-4-10-23-18-12-16(13-19(14-18)24-11-5-2)20(22)21-17-8-6-15(3)7-9-17/h6-9,12-14H,4-5,10-11H2,1-3H3,(H,21,22). The first-order valence-corrected chi connectivity index (χ1v) is 8.41. The van der Waals surface area contributed by atoms with Crippen LogP contribution >= 0.6 is 0 Å². The zero-order valence-corrected chi connectivity index (χ0v) is 14.6. The van der Waals surface area contributed by atoms with Gasteiger partial charge >= 0.3 is 0 Å². The summed E-state index contributed by atoms with van der Waals surface area (Å²) >= 11 is 0. The molecule has 0 saturated carbocycles. The second kappa shape index (κ2) is 8.96. The molecule has 1 amide bonds. The summed E-state index contributed by atoms with van der Waals surface area (Å²) in [5.41, 5.74) is 2.44. The molecular weight excluding hydrogens is 302 g/mol. The molecular formula is C20H25NO3. The van der Waals surface area contributed by atoms with Gasteiger partial charge in [0, 0.05) is 17.3 Å². The first-order valence-electron chi connectivity index (χ1n) is 8.41. The summed E-state index contributed by atoms with van der Waals surface area (Å²) in [5, 5.41) is 2.90. The zero-order valence-electron chi connectivity index (χ0n) is 14.6. The molecule has 0 aliphatic carbocycles. The highest BCUT2D eigenvalue weighted by Gasteiger charge is 2.11. The van der Waals surface area contributed by atoms with Gasteiger partial charge in [-0.3, -0.25) is 4.79 Å². The monoisotopic (exact) mass is 327 g/mol. The molecule has 2 aromatic carbocycles. The van der Waals surface area contributed by atoms with E-state index in [9.17, 15) is 4.79 Å². The fourth-order valence-electron chi connectivity index (χ4n) is 2.15. The van der Waals surface area contributed by atoms with Gasteiger partial charge in [-0.2, -0.15) is 0 Å². The predicted octanol–water partition coefficient (Wildman–Crippen LogP) is 4.82. The molecule has 1 N–H and O–H groups in total. The summed E-state index contributed by atoms with van der Waals surface area (Å²) in [6.45, 7) is 7.31. The third kappa shape index (κ3) is 5.30. The smallest absolute Gasteiger partial charge is 0.255 e. The summed E-state index contributed by atoms with van der Waals surface area (Å²) in [6, 6.07) is 13.0. The Morgan fingerprint density at radius 1 is 0.917 bits per heavy atom. The van der Waals surface area contributed by atoms with Gasteiger partial charge in [-0.1, -0.05) is 31.5 Å². The molecule has 4 heteroatoms. The van der Waals surface area contributed by atoms with Gasteiger partial charge in [0.1, 0.15) is 11.5 Å². The molecule has 0 radical (unpaired) electrons. The van der Waals surface area contributed by atoms with Crippen LogP contribution < -0.4 is 14.8 Å². The number of aryl methyl sites for hydroxylation is 1. The number of carbonyl (C=O) groups excluding carboxylic acids is 1. The Labute approximate surface area is 143 Å². The number of hydrogen-bond donors (Lipinski definition) is 1. The quantitative estimate of drug-likeness (QED) is 0.756. The van der Waals surface area contributed by atoms with Crippen molar-refractivity contribution >= 4 is 11.6 Å². The average Bonchev–Trinajstić information content (AvgIpc) is 2.60. The Morgan fingerprint density at radius 3 is 1.96 bits per heavy atom. The van der Waals surface area contributed by atoms with Crippen LogP contribution in [0.5, 0.6) is 11.5 Å². The number of rotatable bonds is 8. The van der Waals surface area contributed by atoms with Crippen LogP contribution in [-0.4, -0.2) is 19.1 Å². The van der Waals surface area contributed by atoms with E-state index < -0.39 is 0 Å². The van der Waals surface area contributed by atoms with Crippen molar-refractivity contribution < 1.29 is 14.3 Å². The van der Waals surface area contributed by atoms with Gasteiger partial charge in [0.25, 0.3) is 5.91 Å². The van der Waals surface area contributed by atoms with Crippen molar-refractivity contribution in [1.82, 2.24) is 0 Å².